The Kier molecular flexibility index (Phi) is 8.19. The number of aldehydes is 1. The molecule has 2 aromatic rings. The molecular weight excluding hydrogens is 450 g/mol. The molecule has 194 valence electrons. The van der Waals surface area contributed by atoms with Crippen LogP contribution in [-0.2, 0) is 4.79 Å². The maximum atomic E-state index is 13.0. The number of carbonyl (C=O) groups is 1. The van der Waals surface area contributed by atoms with Gasteiger partial charge in [0.2, 0.25) is 0 Å². The summed E-state index contributed by atoms with van der Waals surface area (Å²) < 4.78 is 1.75. The monoisotopic (exact) mass is 491 g/mol. The van der Waals surface area contributed by atoms with E-state index in [1.165, 1.54) is 0 Å². The highest BCUT2D eigenvalue weighted by atomic mass is 16.1. The molecule has 0 saturated carbocycles. The number of para-hydroxylation sites is 1. The number of carbonyl (C=O) groups excluding carboxylic acids is 1. The highest BCUT2D eigenvalue weighted by Crippen LogP contribution is 2.40. The summed E-state index contributed by atoms with van der Waals surface area (Å²) in [4.78, 5) is 17.4. The van der Waals surface area contributed by atoms with Crippen LogP contribution in [0.15, 0.2) is 59.0 Å². The Balaban J connectivity index is 2.18. The maximum Gasteiger partial charge on any atom is 0.131 e. The number of nitrogens with one attached hydrogen (secondary N) is 1. The Hall–Kier alpha value is -3.26. The molecule has 8 heteroatoms. The van der Waals surface area contributed by atoms with E-state index in [4.69, 9.17) is 0 Å². The number of nitrogens with zero attached hydrogens (tertiary/aromatic N) is 6. The zero-order valence-electron chi connectivity index (χ0n) is 23.0. The summed E-state index contributed by atoms with van der Waals surface area (Å²) in [5.74, 6) is 0.505. The van der Waals surface area contributed by atoms with E-state index < -0.39 is 5.41 Å². The first-order valence-corrected chi connectivity index (χ1v) is 12.6. The zero-order valence-corrected chi connectivity index (χ0v) is 23.0. The number of benzene rings is 1. The molecule has 1 aliphatic heterocycles. The van der Waals surface area contributed by atoms with Crippen LogP contribution in [0.5, 0.6) is 0 Å². The number of allylic oxidation sites excluding steroid dienone is 3. The normalized spacial score (nSPS) is 21.7. The second kappa shape index (κ2) is 10.8. The van der Waals surface area contributed by atoms with Crippen molar-refractivity contribution >= 4 is 29.2 Å². The van der Waals surface area contributed by atoms with Gasteiger partial charge in [-0.1, -0.05) is 44.2 Å². The van der Waals surface area contributed by atoms with Crippen LogP contribution in [0, 0.1) is 11.3 Å². The van der Waals surface area contributed by atoms with E-state index >= 15 is 0 Å². The molecular formula is C28H41N7O. The fourth-order valence-electron chi connectivity index (χ4n) is 4.50. The van der Waals surface area contributed by atoms with E-state index in [2.05, 4.69) is 66.9 Å². The molecule has 1 aromatic carbocycles. The van der Waals surface area contributed by atoms with Crippen LogP contribution in [0.3, 0.4) is 0 Å². The molecule has 1 N–H and O–H groups in total. The molecule has 0 bridgehead atoms. The van der Waals surface area contributed by atoms with Crippen molar-refractivity contribution in [1.82, 2.24) is 30.2 Å². The predicted octanol–water partition coefficient (Wildman–Crippen LogP) is 4.54. The maximum absolute atomic E-state index is 13.0. The molecule has 0 amide bonds. The second-order valence-electron chi connectivity index (χ2n) is 11.1. The van der Waals surface area contributed by atoms with E-state index in [0.717, 1.165) is 41.6 Å². The molecule has 2 unspecified atom stereocenters. The molecule has 0 radical (unpaired) electrons. The summed E-state index contributed by atoms with van der Waals surface area (Å²) in [5, 5.41) is 13.2. The highest BCUT2D eigenvalue weighted by molar-refractivity contribution is 5.90. The van der Waals surface area contributed by atoms with E-state index in [1.807, 2.05) is 50.2 Å². The molecule has 0 saturated heterocycles. The van der Waals surface area contributed by atoms with Crippen LogP contribution < -0.4 is 5.43 Å². The van der Waals surface area contributed by atoms with Crippen LogP contribution in [0.1, 0.15) is 48.0 Å². The minimum absolute atomic E-state index is 0.119. The second-order valence-corrected chi connectivity index (χ2v) is 11.1. The first kappa shape index (κ1) is 27.3. The largest absolute Gasteiger partial charge is 0.376 e. The number of aromatic nitrogens is 3. The van der Waals surface area contributed by atoms with Gasteiger partial charge in [-0.3, -0.25) is 10.3 Å². The van der Waals surface area contributed by atoms with Crippen molar-refractivity contribution < 1.29 is 4.79 Å². The summed E-state index contributed by atoms with van der Waals surface area (Å²) in [7, 11) is 3.91. The lowest BCUT2D eigenvalue weighted by atomic mass is 9.76. The summed E-state index contributed by atoms with van der Waals surface area (Å²) in [6.45, 7) is 19.0. The first-order valence-electron chi connectivity index (χ1n) is 12.6. The molecule has 0 aliphatic carbocycles. The van der Waals surface area contributed by atoms with Crippen molar-refractivity contribution in [2.75, 3.05) is 27.2 Å². The van der Waals surface area contributed by atoms with Gasteiger partial charge in [0.05, 0.1) is 28.5 Å². The predicted molar refractivity (Wildman–Crippen MR) is 148 cm³/mol. The van der Waals surface area contributed by atoms with E-state index in [1.54, 1.807) is 17.1 Å². The summed E-state index contributed by atoms with van der Waals surface area (Å²) in [6, 6.07) is 7.77. The highest BCUT2D eigenvalue weighted by Gasteiger charge is 2.39. The van der Waals surface area contributed by atoms with Crippen molar-refractivity contribution in [2.24, 2.45) is 16.4 Å². The van der Waals surface area contributed by atoms with Crippen LogP contribution in [0.4, 0.5) is 0 Å². The standard InChI is InChI=1S/C28H41N7O/c1-10-20(2)17-34(27(4,5)6)18-28(7,19-36)26-21(3)24(15-29-30-16-25(26)33(8)9)35-23-14-12-11-13-22(23)31-32-35/h11-16,19-20,29H,3,10,17-18H2,1-2,4-9H3/b24-15+,26-25-,30-16-. The van der Waals surface area contributed by atoms with Gasteiger partial charge in [0, 0.05) is 50.1 Å². The number of fused-ring (bicyclic) bond motifs is 1. The van der Waals surface area contributed by atoms with Crippen molar-refractivity contribution in [3.63, 3.8) is 0 Å². The number of hydrazone groups is 1. The Morgan fingerprint density at radius 3 is 2.50 bits per heavy atom. The number of rotatable bonds is 9. The lowest BCUT2D eigenvalue weighted by Gasteiger charge is -2.43. The fraction of sp³-hybridized carbons (Fsp3) is 0.500. The van der Waals surface area contributed by atoms with E-state index in [9.17, 15) is 4.79 Å². The average molecular weight is 492 g/mol. The minimum atomic E-state index is -0.865. The lowest BCUT2D eigenvalue weighted by Crippen LogP contribution is -2.50. The van der Waals surface area contributed by atoms with Crippen LogP contribution >= 0.6 is 0 Å². The molecule has 0 fully saturated rings. The molecule has 1 aliphatic rings. The minimum Gasteiger partial charge on any atom is -0.376 e. The third-order valence-electron chi connectivity index (χ3n) is 6.92. The Morgan fingerprint density at radius 1 is 1.19 bits per heavy atom. The Morgan fingerprint density at radius 2 is 1.89 bits per heavy atom. The van der Waals surface area contributed by atoms with Crippen molar-refractivity contribution in [3.8, 4) is 0 Å². The number of hydrogen-bond acceptors (Lipinski definition) is 7. The molecule has 0 spiro atoms. The molecule has 36 heavy (non-hydrogen) atoms. The van der Waals surface area contributed by atoms with Gasteiger partial charge < -0.3 is 9.69 Å². The third-order valence-corrected chi connectivity index (χ3v) is 6.92. The van der Waals surface area contributed by atoms with Crippen molar-refractivity contribution in [3.05, 3.63) is 53.9 Å². The summed E-state index contributed by atoms with van der Waals surface area (Å²) in [6.07, 6.45) is 5.66. The van der Waals surface area contributed by atoms with Gasteiger partial charge in [0.25, 0.3) is 0 Å². The van der Waals surface area contributed by atoms with E-state index in [0.29, 0.717) is 23.7 Å². The molecule has 2 atom stereocenters. The number of hydrogen-bond donors (Lipinski definition) is 1. The van der Waals surface area contributed by atoms with Gasteiger partial charge in [0.1, 0.15) is 11.8 Å². The summed E-state index contributed by atoms with van der Waals surface area (Å²) in [5.41, 5.74) is 6.65. The third kappa shape index (κ3) is 5.59. The lowest BCUT2D eigenvalue weighted by molar-refractivity contribution is -0.115. The molecule has 3 rings (SSSR count). The summed E-state index contributed by atoms with van der Waals surface area (Å²) >= 11 is 0. The molecule has 2 heterocycles. The molecule has 8 nitrogen and oxygen atoms in total. The SMILES string of the molecule is C=C1/C(C(C)(C=O)CN(CC(C)CC)C(C)(C)C)=C(N(C)C)\C=N/N/C=C\1n1nnc2ccccc21. The van der Waals surface area contributed by atoms with E-state index in [-0.39, 0.29) is 5.54 Å². The van der Waals surface area contributed by atoms with Gasteiger partial charge in [-0.25, -0.2) is 4.68 Å². The van der Waals surface area contributed by atoms with Gasteiger partial charge in [0.15, 0.2) is 0 Å². The zero-order chi connectivity index (χ0) is 26.7. The fourth-order valence-corrected chi connectivity index (χ4v) is 4.50. The van der Waals surface area contributed by atoms with Crippen molar-refractivity contribution in [2.45, 2.75) is 53.5 Å². The quantitative estimate of drug-likeness (QED) is 0.519. The van der Waals surface area contributed by atoms with Crippen LogP contribution in [-0.4, -0.2) is 70.0 Å². The van der Waals surface area contributed by atoms with Gasteiger partial charge in [-0.2, -0.15) is 5.10 Å². The van der Waals surface area contributed by atoms with Crippen LogP contribution in [0.2, 0.25) is 0 Å². The van der Waals surface area contributed by atoms with Gasteiger partial charge in [-0.15, -0.1) is 5.10 Å². The Bertz CT molecular complexity index is 1200. The van der Waals surface area contributed by atoms with Gasteiger partial charge >= 0.3 is 0 Å². The average Bonchev–Trinajstić information content (AvgIpc) is 3.24. The van der Waals surface area contributed by atoms with Crippen LogP contribution in [0.25, 0.3) is 16.7 Å². The van der Waals surface area contributed by atoms with Gasteiger partial charge in [-0.05, 0) is 45.7 Å². The smallest absolute Gasteiger partial charge is 0.131 e. The molecule has 1 aromatic heterocycles. The Labute approximate surface area is 215 Å². The first-order chi connectivity index (χ1) is 16.9. The van der Waals surface area contributed by atoms with Crippen molar-refractivity contribution in [1.29, 1.82) is 0 Å². The topological polar surface area (TPSA) is 78.7 Å².